The highest BCUT2D eigenvalue weighted by Crippen LogP contribution is 2.24. The number of Topliss-reactive ketones (excluding diaryl/α,β-unsaturated/α-hetero) is 1. The van der Waals surface area contributed by atoms with Gasteiger partial charge in [0.05, 0.1) is 11.9 Å². The summed E-state index contributed by atoms with van der Waals surface area (Å²) in [6.45, 7) is 4.78. The Hall–Kier alpha value is -2.62. The van der Waals surface area contributed by atoms with E-state index < -0.39 is 28.5 Å². The Morgan fingerprint density at radius 2 is 1.78 bits per heavy atom. The van der Waals surface area contributed by atoms with E-state index in [-0.39, 0.29) is 23.9 Å². The van der Waals surface area contributed by atoms with E-state index in [4.69, 9.17) is 23.2 Å². The van der Waals surface area contributed by atoms with Gasteiger partial charge in [0.2, 0.25) is 21.8 Å². The van der Waals surface area contributed by atoms with Gasteiger partial charge in [-0.05, 0) is 50.1 Å². The topological polar surface area (TPSA) is 104 Å². The van der Waals surface area contributed by atoms with Gasteiger partial charge < -0.3 is 10.2 Å². The average Bonchev–Trinajstić information content (AvgIpc) is 2.81. The van der Waals surface area contributed by atoms with E-state index in [1.54, 1.807) is 31.2 Å². The molecule has 0 radical (unpaired) electrons. The van der Waals surface area contributed by atoms with Gasteiger partial charge in [-0.1, -0.05) is 54.7 Å². The number of benzene rings is 2. The van der Waals surface area contributed by atoms with Gasteiger partial charge in [-0.2, -0.15) is 0 Å². The number of ketones is 1. The molecule has 11 heteroatoms. The van der Waals surface area contributed by atoms with Crippen molar-refractivity contribution in [1.29, 1.82) is 0 Å². The van der Waals surface area contributed by atoms with Crippen molar-refractivity contribution in [1.82, 2.24) is 10.2 Å². The van der Waals surface area contributed by atoms with Gasteiger partial charge in [0.1, 0.15) is 12.6 Å². The first-order valence-corrected chi connectivity index (χ1v) is 14.0. The Kier molecular flexibility index (Phi) is 10.8. The summed E-state index contributed by atoms with van der Waals surface area (Å²) in [7, 11) is -3.91. The van der Waals surface area contributed by atoms with Crippen LogP contribution in [-0.2, 0) is 26.2 Å². The summed E-state index contributed by atoms with van der Waals surface area (Å²) in [6.07, 6.45) is 2.64. The minimum absolute atomic E-state index is 0.0394. The number of hydrogen-bond donors (Lipinski definition) is 1. The average molecular weight is 557 g/mol. The molecule has 1 N–H and O–H groups in total. The number of nitrogens with zero attached hydrogens (tertiary/aromatic N) is 2. The molecule has 0 aliphatic carbocycles. The van der Waals surface area contributed by atoms with E-state index in [0.717, 1.165) is 23.4 Å². The van der Waals surface area contributed by atoms with E-state index in [0.29, 0.717) is 27.7 Å². The Labute approximate surface area is 222 Å². The predicted molar refractivity (Wildman–Crippen MR) is 143 cm³/mol. The second kappa shape index (κ2) is 13.1. The van der Waals surface area contributed by atoms with Crippen molar-refractivity contribution in [2.75, 3.05) is 23.7 Å². The number of halogens is 2. The Morgan fingerprint density at radius 3 is 2.36 bits per heavy atom. The summed E-state index contributed by atoms with van der Waals surface area (Å²) >= 11 is 12.3. The molecular formula is C25H31Cl2N3O5S. The molecule has 0 saturated carbocycles. The number of nitrogens with one attached hydrogen (secondary N) is 1. The van der Waals surface area contributed by atoms with Gasteiger partial charge >= 0.3 is 0 Å². The van der Waals surface area contributed by atoms with Crippen LogP contribution in [0.4, 0.5) is 5.69 Å². The lowest BCUT2D eigenvalue weighted by atomic mass is 10.1. The molecule has 1 atom stereocenters. The molecule has 0 aliphatic rings. The number of amides is 2. The molecule has 8 nitrogen and oxygen atoms in total. The predicted octanol–water partition coefficient (Wildman–Crippen LogP) is 4.30. The van der Waals surface area contributed by atoms with Crippen LogP contribution in [-0.4, -0.2) is 56.3 Å². The monoisotopic (exact) mass is 555 g/mol. The number of hydrogen-bond acceptors (Lipinski definition) is 5. The maximum Gasteiger partial charge on any atom is 0.244 e. The normalized spacial score (nSPS) is 12.1. The molecule has 0 aliphatic heterocycles. The number of rotatable bonds is 12. The Balaban J connectivity index is 2.42. The molecule has 0 heterocycles. The molecule has 0 spiro atoms. The third-order valence-corrected chi connectivity index (χ3v) is 7.30. The number of carbonyl (C=O) groups is 3. The summed E-state index contributed by atoms with van der Waals surface area (Å²) < 4.78 is 26.2. The highest BCUT2D eigenvalue weighted by atomic mass is 35.5. The van der Waals surface area contributed by atoms with Crippen molar-refractivity contribution in [3.63, 3.8) is 0 Å². The first kappa shape index (κ1) is 29.6. The van der Waals surface area contributed by atoms with Crippen LogP contribution in [0, 0.1) is 0 Å². The largest absolute Gasteiger partial charge is 0.354 e. The van der Waals surface area contributed by atoms with Crippen LogP contribution >= 0.6 is 23.2 Å². The Bertz CT molecular complexity index is 1220. The maximum absolute atomic E-state index is 13.6. The summed E-state index contributed by atoms with van der Waals surface area (Å²) in [5, 5.41) is 3.54. The highest BCUT2D eigenvalue weighted by molar-refractivity contribution is 7.92. The van der Waals surface area contributed by atoms with E-state index in [1.165, 1.54) is 30.0 Å². The van der Waals surface area contributed by atoms with Crippen molar-refractivity contribution >= 4 is 56.5 Å². The van der Waals surface area contributed by atoms with Gasteiger partial charge in [0, 0.05) is 28.7 Å². The summed E-state index contributed by atoms with van der Waals surface area (Å²) in [4.78, 5) is 39.5. The van der Waals surface area contributed by atoms with Gasteiger partial charge in [-0.25, -0.2) is 8.42 Å². The van der Waals surface area contributed by atoms with Crippen LogP contribution in [0.2, 0.25) is 10.0 Å². The molecule has 2 rings (SSSR count). The van der Waals surface area contributed by atoms with E-state index >= 15 is 0 Å². The van der Waals surface area contributed by atoms with Crippen molar-refractivity contribution < 1.29 is 22.8 Å². The van der Waals surface area contributed by atoms with Crippen LogP contribution in [0.1, 0.15) is 49.5 Å². The summed E-state index contributed by atoms with van der Waals surface area (Å²) in [5.74, 6) is -1.22. The fourth-order valence-electron chi connectivity index (χ4n) is 3.45. The SMILES string of the molecule is CCCCNC(=O)[C@H](C)N(Cc1ccc(Cl)cc1Cl)C(=O)CN(c1cccc(C(C)=O)c1)S(C)(=O)=O. The van der Waals surface area contributed by atoms with E-state index in [1.807, 2.05) is 6.92 Å². The molecule has 2 amide bonds. The zero-order valence-electron chi connectivity index (χ0n) is 20.8. The van der Waals surface area contributed by atoms with Gasteiger partial charge in [-0.15, -0.1) is 0 Å². The second-order valence-electron chi connectivity index (χ2n) is 8.45. The third kappa shape index (κ3) is 8.21. The summed E-state index contributed by atoms with van der Waals surface area (Å²) in [5.41, 5.74) is 1.03. The molecular weight excluding hydrogens is 525 g/mol. The van der Waals surface area contributed by atoms with Crippen molar-refractivity contribution in [3.05, 3.63) is 63.6 Å². The number of anilines is 1. The molecule has 2 aromatic rings. The first-order chi connectivity index (χ1) is 16.8. The molecule has 0 bridgehead atoms. The quantitative estimate of drug-likeness (QED) is 0.310. The third-order valence-electron chi connectivity index (χ3n) is 5.57. The summed E-state index contributed by atoms with van der Waals surface area (Å²) in [6, 6.07) is 9.91. The zero-order valence-corrected chi connectivity index (χ0v) is 23.1. The fourth-order valence-corrected chi connectivity index (χ4v) is 4.76. The van der Waals surface area contributed by atoms with Crippen molar-refractivity contribution in [2.45, 2.75) is 46.2 Å². The minimum atomic E-state index is -3.91. The van der Waals surface area contributed by atoms with E-state index in [9.17, 15) is 22.8 Å². The van der Waals surface area contributed by atoms with Gasteiger partial charge in [0.15, 0.2) is 5.78 Å². The molecule has 2 aromatic carbocycles. The van der Waals surface area contributed by atoms with E-state index in [2.05, 4.69) is 5.32 Å². The van der Waals surface area contributed by atoms with Crippen LogP contribution in [0.5, 0.6) is 0 Å². The molecule has 0 saturated heterocycles. The maximum atomic E-state index is 13.6. The zero-order chi connectivity index (χ0) is 27.0. The van der Waals surface area contributed by atoms with Crippen LogP contribution in [0.15, 0.2) is 42.5 Å². The van der Waals surface area contributed by atoms with Gasteiger partial charge in [-0.3, -0.25) is 18.7 Å². The first-order valence-electron chi connectivity index (χ1n) is 11.4. The molecule has 0 fully saturated rings. The smallest absolute Gasteiger partial charge is 0.244 e. The lowest BCUT2D eigenvalue weighted by molar-refractivity contribution is -0.139. The van der Waals surface area contributed by atoms with Crippen LogP contribution < -0.4 is 9.62 Å². The van der Waals surface area contributed by atoms with Crippen molar-refractivity contribution in [2.24, 2.45) is 0 Å². The number of sulfonamides is 1. The highest BCUT2D eigenvalue weighted by Gasteiger charge is 2.30. The second-order valence-corrected chi connectivity index (χ2v) is 11.2. The number of unbranched alkanes of at least 4 members (excludes halogenated alkanes) is 1. The van der Waals surface area contributed by atoms with Crippen molar-refractivity contribution in [3.8, 4) is 0 Å². The fraction of sp³-hybridized carbons (Fsp3) is 0.400. The number of carbonyl (C=O) groups excluding carboxylic acids is 3. The van der Waals surface area contributed by atoms with Gasteiger partial charge in [0.25, 0.3) is 0 Å². The van der Waals surface area contributed by atoms with Crippen LogP contribution in [0.3, 0.4) is 0 Å². The Morgan fingerprint density at radius 1 is 1.08 bits per heavy atom. The lowest BCUT2D eigenvalue weighted by Gasteiger charge is -2.31. The van der Waals surface area contributed by atoms with Crippen LogP contribution in [0.25, 0.3) is 0 Å². The molecule has 36 heavy (non-hydrogen) atoms. The minimum Gasteiger partial charge on any atom is -0.354 e. The molecule has 0 unspecified atom stereocenters. The standard InChI is InChI=1S/C25H31Cl2N3O5S/c1-5-6-12-28-25(33)17(2)29(15-20-10-11-21(26)14-23(20)27)24(32)16-30(36(4,34)35)22-9-7-8-19(13-22)18(3)31/h7-11,13-14,17H,5-6,12,15-16H2,1-4H3,(H,28,33)/t17-/m0/s1. The lowest BCUT2D eigenvalue weighted by Crippen LogP contribution is -2.51. The molecule has 196 valence electrons. The molecule has 0 aromatic heterocycles.